The van der Waals surface area contributed by atoms with E-state index in [0.29, 0.717) is 18.7 Å². The fraction of sp³-hybridized carbons (Fsp3) is 0.435. The Balaban J connectivity index is 2.19. The Morgan fingerprint density at radius 1 is 0.909 bits per heavy atom. The molecule has 0 saturated carbocycles. The Morgan fingerprint density at radius 2 is 1.45 bits per heavy atom. The average molecular weight is 496 g/mol. The van der Waals surface area contributed by atoms with Crippen molar-refractivity contribution in [2.24, 2.45) is 0 Å². The Labute approximate surface area is 197 Å². The van der Waals surface area contributed by atoms with E-state index in [1.807, 2.05) is 0 Å². The monoisotopic (exact) mass is 495 g/mol. The maximum absolute atomic E-state index is 12.8. The van der Waals surface area contributed by atoms with E-state index in [9.17, 15) is 21.6 Å². The summed E-state index contributed by atoms with van der Waals surface area (Å²) in [7, 11) is -5.73. The standard InChI is InChI=1S/C23H33N3O5S2/c1-7-26(8-2)33(30,31)21-12-9-18(5)22(15-21)23(27)24-16-19-10-13-20(14-11-19)32(28,29)25(6)17(3)4/h9-15,17H,7-8,16H2,1-6H3,(H,24,27). The number of nitrogens with one attached hydrogen (secondary N) is 1. The van der Waals surface area contributed by atoms with Crippen molar-refractivity contribution in [3.05, 3.63) is 59.2 Å². The fourth-order valence-corrected chi connectivity index (χ4v) is 6.07. The summed E-state index contributed by atoms with van der Waals surface area (Å²) < 4.78 is 53.4. The predicted molar refractivity (Wildman–Crippen MR) is 129 cm³/mol. The zero-order valence-electron chi connectivity index (χ0n) is 20.0. The molecule has 0 bridgehead atoms. The van der Waals surface area contributed by atoms with Crippen molar-refractivity contribution in [3.8, 4) is 0 Å². The molecule has 0 radical (unpaired) electrons. The minimum Gasteiger partial charge on any atom is -0.348 e. The van der Waals surface area contributed by atoms with Crippen molar-refractivity contribution in [1.82, 2.24) is 13.9 Å². The van der Waals surface area contributed by atoms with Gasteiger partial charge >= 0.3 is 0 Å². The van der Waals surface area contributed by atoms with Gasteiger partial charge in [-0.2, -0.15) is 8.61 Å². The summed E-state index contributed by atoms with van der Waals surface area (Å²) in [5.41, 5.74) is 1.66. The number of hydrogen-bond acceptors (Lipinski definition) is 5. The van der Waals surface area contributed by atoms with Crippen LogP contribution < -0.4 is 5.32 Å². The molecule has 8 nitrogen and oxygen atoms in total. The quantitative estimate of drug-likeness (QED) is 0.546. The molecule has 2 aromatic rings. The van der Waals surface area contributed by atoms with Crippen LogP contribution in [-0.2, 0) is 26.6 Å². The third-order valence-electron chi connectivity index (χ3n) is 5.58. The summed E-state index contributed by atoms with van der Waals surface area (Å²) in [6, 6.07) is 10.7. The average Bonchev–Trinajstić information content (AvgIpc) is 2.77. The second kappa shape index (κ2) is 10.8. The van der Waals surface area contributed by atoms with Crippen LogP contribution >= 0.6 is 0 Å². The summed E-state index contributed by atoms with van der Waals surface area (Å²) in [5.74, 6) is -0.402. The fourth-order valence-electron chi connectivity index (χ4n) is 3.22. The summed E-state index contributed by atoms with van der Waals surface area (Å²) in [4.78, 5) is 13.0. The molecule has 33 heavy (non-hydrogen) atoms. The zero-order valence-corrected chi connectivity index (χ0v) is 21.6. The van der Waals surface area contributed by atoms with E-state index >= 15 is 0 Å². The summed E-state index contributed by atoms with van der Waals surface area (Å²) in [6.07, 6.45) is 0. The lowest BCUT2D eigenvalue weighted by Crippen LogP contribution is -2.33. The Morgan fingerprint density at radius 3 is 1.97 bits per heavy atom. The smallest absolute Gasteiger partial charge is 0.251 e. The highest BCUT2D eigenvalue weighted by atomic mass is 32.2. The van der Waals surface area contributed by atoms with E-state index in [1.54, 1.807) is 52.8 Å². The van der Waals surface area contributed by atoms with Crippen molar-refractivity contribution in [3.63, 3.8) is 0 Å². The van der Waals surface area contributed by atoms with Crippen molar-refractivity contribution in [1.29, 1.82) is 0 Å². The molecular formula is C23H33N3O5S2. The predicted octanol–water partition coefficient (Wildman–Crippen LogP) is 2.98. The minimum atomic E-state index is -3.68. The molecule has 1 N–H and O–H groups in total. The first-order chi connectivity index (χ1) is 15.4. The molecule has 1 amide bonds. The third kappa shape index (κ3) is 6.00. The van der Waals surface area contributed by atoms with Crippen LogP contribution in [0.15, 0.2) is 52.3 Å². The lowest BCUT2D eigenvalue weighted by Gasteiger charge is -2.21. The molecule has 0 spiro atoms. The third-order valence-corrected chi connectivity index (χ3v) is 9.67. The SMILES string of the molecule is CCN(CC)S(=O)(=O)c1ccc(C)c(C(=O)NCc2ccc(S(=O)(=O)N(C)C(C)C)cc2)c1. The molecule has 0 aromatic heterocycles. The maximum atomic E-state index is 12.8. The van der Waals surface area contributed by atoms with E-state index < -0.39 is 26.0 Å². The number of hydrogen-bond donors (Lipinski definition) is 1. The van der Waals surface area contributed by atoms with E-state index in [1.165, 1.54) is 39.9 Å². The van der Waals surface area contributed by atoms with E-state index in [2.05, 4.69) is 5.32 Å². The molecule has 0 unspecified atom stereocenters. The number of benzene rings is 2. The first-order valence-electron chi connectivity index (χ1n) is 10.8. The van der Waals surface area contributed by atoms with Crippen LogP contribution in [0.4, 0.5) is 0 Å². The van der Waals surface area contributed by atoms with Crippen LogP contribution in [0.25, 0.3) is 0 Å². The molecule has 2 rings (SSSR count). The van der Waals surface area contributed by atoms with Crippen LogP contribution in [0.1, 0.15) is 49.2 Å². The molecule has 0 saturated heterocycles. The van der Waals surface area contributed by atoms with Crippen molar-refractivity contribution < 1.29 is 21.6 Å². The molecule has 0 atom stereocenters. The number of rotatable bonds is 10. The summed E-state index contributed by atoms with van der Waals surface area (Å²) >= 11 is 0. The van der Waals surface area contributed by atoms with Gasteiger partial charge < -0.3 is 5.32 Å². The van der Waals surface area contributed by atoms with Gasteiger partial charge in [0.05, 0.1) is 9.79 Å². The number of carbonyl (C=O) groups excluding carboxylic acids is 1. The van der Waals surface area contributed by atoms with Gasteiger partial charge in [0.2, 0.25) is 20.0 Å². The zero-order chi connectivity index (χ0) is 25.0. The normalized spacial score (nSPS) is 12.5. The Hall–Kier alpha value is -2.27. The Bertz CT molecular complexity index is 1190. The van der Waals surface area contributed by atoms with Gasteiger partial charge in [0.1, 0.15) is 0 Å². The van der Waals surface area contributed by atoms with E-state index in [4.69, 9.17) is 0 Å². The molecule has 0 aliphatic heterocycles. The number of amides is 1. The second-order valence-electron chi connectivity index (χ2n) is 8.01. The van der Waals surface area contributed by atoms with Crippen LogP contribution in [0.3, 0.4) is 0 Å². The minimum absolute atomic E-state index is 0.0748. The van der Waals surface area contributed by atoms with Crippen LogP contribution in [0.2, 0.25) is 0 Å². The maximum Gasteiger partial charge on any atom is 0.251 e. The summed E-state index contributed by atoms with van der Waals surface area (Å²) in [5, 5.41) is 2.78. The number of sulfonamides is 2. The molecule has 0 aliphatic rings. The van der Waals surface area contributed by atoms with Crippen molar-refractivity contribution in [2.75, 3.05) is 20.1 Å². The summed E-state index contributed by atoms with van der Waals surface area (Å²) in [6.45, 7) is 9.72. The number of nitrogens with zero attached hydrogens (tertiary/aromatic N) is 2. The van der Waals surface area contributed by atoms with Crippen molar-refractivity contribution >= 4 is 26.0 Å². The van der Waals surface area contributed by atoms with Crippen LogP contribution in [-0.4, -0.2) is 57.5 Å². The largest absolute Gasteiger partial charge is 0.348 e. The van der Waals surface area contributed by atoms with E-state index in [-0.39, 0.29) is 27.9 Å². The number of carbonyl (C=O) groups is 1. The lowest BCUT2D eigenvalue weighted by atomic mass is 10.1. The molecule has 182 valence electrons. The molecular weight excluding hydrogens is 462 g/mol. The van der Waals surface area contributed by atoms with Gasteiger partial charge in [-0.3, -0.25) is 4.79 Å². The van der Waals surface area contributed by atoms with Gasteiger partial charge in [0.25, 0.3) is 5.91 Å². The number of aryl methyl sites for hydroxylation is 1. The highest BCUT2D eigenvalue weighted by Gasteiger charge is 2.24. The molecule has 0 aliphatic carbocycles. The van der Waals surface area contributed by atoms with Gasteiger partial charge in [-0.1, -0.05) is 32.0 Å². The van der Waals surface area contributed by atoms with Crippen LogP contribution in [0, 0.1) is 6.92 Å². The van der Waals surface area contributed by atoms with Crippen LogP contribution in [0.5, 0.6) is 0 Å². The van der Waals surface area contributed by atoms with E-state index in [0.717, 1.165) is 5.56 Å². The molecule has 0 fully saturated rings. The van der Waals surface area contributed by atoms with Gasteiger partial charge in [-0.05, 0) is 56.2 Å². The lowest BCUT2D eigenvalue weighted by molar-refractivity contribution is 0.0950. The highest BCUT2D eigenvalue weighted by molar-refractivity contribution is 7.89. The molecule has 2 aromatic carbocycles. The Kier molecular flexibility index (Phi) is 8.81. The molecule has 10 heteroatoms. The van der Waals surface area contributed by atoms with Crippen molar-refractivity contribution in [2.45, 2.75) is 57.0 Å². The van der Waals surface area contributed by atoms with Gasteiger partial charge in [-0.15, -0.1) is 0 Å². The van der Waals surface area contributed by atoms with Gasteiger partial charge in [0, 0.05) is 38.3 Å². The first kappa shape index (κ1) is 27.0. The second-order valence-corrected chi connectivity index (χ2v) is 11.9. The molecule has 0 heterocycles. The highest BCUT2D eigenvalue weighted by Crippen LogP contribution is 2.20. The van der Waals surface area contributed by atoms with Gasteiger partial charge in [0.15, 0.2) is 0 Å². The topological polar surface area (TPSA) is 104 Å². The first-order valence-corrected chi connectivity index (χ1v) is 13.7. The van der Waals surface area contributed by atoms with Gasteiger partial charge in [-0.25, -0.2) is 16.8 Å².